The van der Waals surface area contributed by atoms with Gasteiger partial charge in [0.05, 0.1) is 0 Å². The lowest BCUT2D eigenvalue weighted by Gasteiger charge is -2.12. The Bertz CT molecular complexity index is 1430. The van der Waals surface area contributed by atoms with Crippen molar-refractivity contribution in [1.82, 2.24) is 9.97 Å². The Balaban J connectivity index is 1.54. The summed E-state index contributed by atoms with van der Waals surface area (Å²) in [5.41, 5.74) is 4.03. The van der Waals surface area contributed by atoms with Crippen LogP contribution in [0.25, 0.3) is 32.9 Å². The van der Waals surface area contributed by atoms with E-state index in [2.05, 4.69) is 15.3 Å². The zero-order valence-electron chi connectivity index (χ0n) is 15.4. The molecule has 0 aliphatic rings. The number of rotatable bonds is 3. The third kappa shape index (κ3) is 2.99. The number of anilines is 1. The average molecular weight is 379 g/mol. The van der Waals surface area contributed by atoms with Gasteiger partial charge in [-0.15, -0.1) is 0 Å². The first-order valence-corrected chi connectivity index (χ1v) is 9.29. The molecule has 140 valence electrons. The number of carbonyl (C=O) groups is 1. The molecule has 0 aliphatic carbocycles. The minimum atomic E-state index is -0.439. The number of hydrogen-bond acceptors (Lipinski definition) is 2. The van der Waals surface area contributed by atoms with Gasteiger partial charge in [0.2, 0.25) is 5.43 Å². The SMILES string of the molecule is O=C(Nc1ccccc1-c1ccc2cc[nH]c2c1)c1c[nH]c2ccccc2c1=O. The maximum Gasteiger partial charge on any atom is 0.261 e. The second-order valence-corrected chi connectivity index (χ2v) is 6.86. The summed E-state index contributed by atoms with van der Waals surface area (Å²) in [6.07, 6.45) is 3.36. The zero-order chi connectivity index (χ0) is 19.8. The summed E-state index contributed by atoms with van der Waals surface area (Å²) in [7, 11) is 0. The topological polar surface area (TPSA) is 77.8 Å². The van der Waals surface area contributed by atoms with E-state index in [1.165, 1.54) is 6.20 Å². The summed E-state index contributed by atoms with van der Waals surface area (Å²) in [6.45, 7) is 0. The van der Waals surface area contributed by atoms with Gasteiger partial charge >= 0.3 is 0 Å². The van der Waals surface area contributed by atoms with Gasteiger partial charge in [0, 0.05) is 40.1 Å². The van der Waals surface area contributed by atoms with Crippen molar-refractivity contribution >= 4 is 33.4 Å². The molecule has 2 aromatic heterocycles. The molecule has 0 saturated carbocycles. The van der Waals surface area contributed by atoms with Gasteiger partial charge in [0.25, 0.3) is 5.91 Å². The van der Waals surface area contributed by atoms with Gasteiger partial charge in [0.1, 0.15) is 5.56 Å². The van der Waals surface area contributed by atoms with Crippen LogP contribution in [0.1, 0.15) is 10.4 Å². The van der Waals surface area contributed by atoms with Crippen LogP contribution >= 0.6 is 0 Å². The number of pyridine rings is 1. The standard InChI is InChI=1S/C24H17N3O2/c28-23-18-6-2-3-7-20(18)26-14-19(23)24(29)27-21-8-4-1-5-17(21)16-10-9-15-11-12-25-22(15)13-16/h1-14,25H,(H,26,28)(H,27,29). The molecule has 29 heavy (non-hydrogen) atoms. The minimum Gasteiger partial charge on any atom is -0.361 e. The van der Waals surface area contributed by atoms with E-state index in [-0.39, 0.29) is 11.0 Å². The number of benzene rings is 3. The molecular formula is C24H17N3O2. The van der Waals surface area contributed by atoms with E-state index in [1.54, 1.807) is 12.1 Å². The predicted octanol–water partition coefficient (Wildman–Crippen LogP) is 4.93. The van der Waals surface area contributed by atoms with Crippen molar-refractivity contribution in [2.75, 3.05) is 5.32 Å². The Hall–Kier alpha value is -4.12. The molecule has 0 spiro atoms. The van der Waals surface area contributed by atoms with Crippen molar-refractivity contribution in [3.63, 3.8) is 0 Å². The van der Waals surface area contributed by atoms with Crippen molar-refractivity contribution in [2.24, 2.45) is 0 Å². The Kier molecular flexibility index (Phi) is 3.99. The highest BCUT2D eigenvalue weighted by molar-refractivity contribution is 6.07. The summed E-state index contributed by atoms with van der Waals surface area (Å²) in [6, 6.07) is 22.8. The minimum absolute atomic E-state index is 0.0818. The molecule has 5 nitrogen and oxygen atoms in total. The summed E-state index contributed by atoms with van der Waals surface area (Å²) in [5.74, 6) is -0.439. The third-order valence-electron chi connectivity index (χ3n) is 5.07. The van der Waals surface area contributed by atoms with E-state index in [4.69, 9.17) is 0 Å². The lowest BCUT2D eigenvalue weighted by atomic mass is 10.0. The van der Waals surface area contributed by atoms with Crippen LogP contribution in [-0.2, 0) is 0 Å². The van der Waals surface area contributed by atoms with E-state index >= 15 is 0 Å². The predicted molar refractivity (Wildman–Crippen MR) is 116 cm³/mol. The average Bonchev–Trinajstić information content (AvgIpc) is 3.22. The number of H-pyrrole nitrogens is 2. The zero-order valence-corrected chi connectivity index (χ0v) is 15.4. The fraction of sp³-hybridized carbons (Fsp3) is 0. The number of aromatic nitrogens is 2. The molecule has 3 N–H and O–H groups in total. The number of amides is 1. The van der Waals surface area contributed by atoms with Gasteiger partial charge in [0.15, 0.2) is 0 Å². The van der Waals surface area contributed by atoms with Crippen LogP contribution in [0.2, 0.25) is 0 Å². The highest BCUT2D eigenvalue weighted by Crippen LogP contribution is 2.30. The molecule has 5 rings (SSSR count). The van der Waals surface area contributed by atoms with Gasteiger partial charge in [-0.05, 0) is 41.3 Å². The number of hydrogen-bond donors (Lipinski definition) is 3. The van der Waals surface area contributed by atoms with E-state index in [0.29, 0.717) is 16.6 Å². The molecule has 0 aliphatic heterocycles. The maximum absolute atomic E-state index is 12.9. The molecule has 0 saturated heterocycles. The normalized spacial score (nSPS) is 11.0. The fourth-order valence-electron chi connectivity index (χ4n) is 3.59. The van der Waals surface area contributed by atoms with Crippen LogP contribution in [-0.4, -0.2) is 15.9 Å². The van der Waals surface area contributed by atoms with Crippen LogP contribution in [0.15, 0.2) is 90.0 Å². The summed E-state index contributed by atoms with van der Waals surface area (Å²) < 4.78 is 0. The molecule has 0 radical (unpaired) electrons. The molecule has 3 aromatic carbocycles. The van der Waals surface area contributed by atoms with Crippen molar-refractivity contribution in [2.45, 2.75) is 0 Å². The molecule has 5 aromatic rings. The molecule has 0 bridgehead atoms. The van der Waals surface area contributed by atoms with E-state index < -0.39 is 5.91 Å². The largest absolute Gasteiger partial charge is 0.361 e. The molecule has 2 heterocycles. The van der Waals surface area contributed by atoms with Crippen LogP contribution in [0.4, 0.5) is 5.69 Å². The molecule has 5 heteroatoms. The smallest absolute Gasteiger partial charge is 0.261 e. The van der Waals surface area contributed by atoms with Crippen molar-refractivity contribution in [3.8, 4) is 11.1 Å². The fourth-order valence-corrected chi connectivity index (χ4v) is 3.59. The van der Waals surface area contributed by atoms with Crippen molar-refractivity contribution in [1.29, 1.82) is 0 Å². The first-order chi connectivity index (χ1) is 14.2. The van der Waals surface area contributed by atoms with Gasteiger partial charge < -0.3 is 15.3 Å². The van der Waals surface area contributed by atoms with Gasteiger partial charge in [-0.25, -0.2) is 0 Å². The monoisotopic (exact) mass is 379 g/mol. The first-order valence-electron chi connectivity index (χ1n) is 9.29. The van der Waals surface area contributed by atoms with Crippen LogP contribution in [0.5, 0.6) is 0 Å². The Morgan fingerprint density at radius 1 is 0.828 bits per heavy atom. The van der Waals surface area contributed by atoms with E-state index in [0.717, 1.165) is 22.0 Å². The second kappa shape index (κ2) is 6.80. The Morgan fingerprint density at radius 2 is 1.66 bits per heavy atom. The number of nitrogens with one attached hydrogen (secondary N) is 3. The molecular weight excluding hydrogens is 362 g/mol. The Labute approximate surface area is 166 Å². The van der Waals surface area contributed by atoms with Gasteiger partial charge in [-0.1, -0.05) is 42.5 Å². The van der Waals surface area contributed by atoms with Gasteiger partial charge in [-0.2, -0.15) is 0 Å². The lowest BCUT2D eigenvalue weighted by molar-refractivity contribution is 0.102. The number of para-hydroxylation sites is 2. The molecule has 0 fully saturated rings. The van der Waals surface area contributed by atoms with Crippen LogP contribution < -0.4 is 10.7 Å². The summed E-state index contributed by atoms with van der Waals surface area (Å²) in [4.78, 5) is 31.9. The lowest BCUT2D eigenvalue weighted by Crippen LogP contribution is -2.22. The summed E-state index contributed by atoms with van der Waals surface area (Å²) in [5, 5.41) is 4.52. The van der Waals surface area contributed by atoms with Crippen LogP contribution in [0, 0.1) is 0 Å². The van der Waals surface area contributed by atoms with E-state index in [1.807, 2.05) is 66.9 Å². The van der Waals surface area contributed by atoms with Gasteiger partial charge in [-0.3, -0.25) is 9.59 Å². The third-order valence-corrected chi connectivity index (χ3v) is 5.07. The maximum atomic E-state index is 12.9. The van der Waals surface area contributed by atoms with E-state index in [9.17, 15) is 9.59 Å². The summed E-state index contributed by atoms with van der Waals surface area (Å²) >= 11 is 0. The molecule has 0 unspecified atom stereocenters. The highest BCUT2D eigenvalue weighted by Gasteiger charge is 2.15. The number of aromatic amines is 2. The number of fused-ring (bicyclic) bond motifs is 2. The highest BCUT2D eigenvalue weighted by atomic mass is 16.2. The van der Waals surface area contributed by atoms with Crippen molar-refractivity contribution in [3.05, 3.63) is 101 Å². The number of carbonyl (C=O) groups excluding carboxylic acids is 1. The van der Waals surface area contributed by atoms with Crippen molar-refractivity contribution < 1.29 is 4.79 Å². The van der Waals surface area contributed by atoms with Crippen LogP contribution in [0.3, 0.4) is 0 Å². The molecule has 0 atom stereocenters. The molecule has 1 amide bonds. The Morgan fingerprint density at radius 3 is 2.59 bits per heavy atom. The second-order valence-electron chi connectivity index (χ2n) is 6.86. The quantitative estimate of drug-likeness (QED) is 0.416. The first kappa shape index (κ1) is 17.0.